The van der Waals surface area contributed by atoms with E-state index in [9.17, 15) is 9.18 Å². The highest BCUT2D eigenvalue weighted by Crippen LogP contribution is 2.21. The van der Waals surface area contributed by atoms with Gasteiger partial charge in [-0.2, -0.15) is 0 Å². The average Bonchev–Trinajstić information content (AvgIpc) is 2.45. The van der Waals surface area contributed by atoms with Crippen LogP contribution < -0.4 is 5.32 Å². The van der Waals surface area contributed by atoms with Crippen LogP contribution in [0.4, 0.5) is 4.39 Å². The number of hydrogen-bond acceptors (Lipinski definition) is 2. The topological polar surface area (TPSA) is 32.3 Å². The molecule has 1 aliphatic rings. The van der Waals surface area contributed by atoms with Crippen LogP contribution in [0.15, 0.2) is 24.3 Å². The first kappa shape index (κ1) is 13.0. The van der Waals surface area contributed by atoms with E-state index >= 15 is 0 Å². The van der Waals surface area contributed by atoms with E-state index in [0.717, 1.165) is 6.54 Å². The van der Waals surface area contributed by atoms with Crippen molar-refractivity contribution >= 4 is 5.91 Å². The van der Waals surface area contributed by atoms with E-state index in [2.05, 4.69) is 5.32 Å². The first-order chi connectivity index (χ1) is 8.50. The van der Waals surface area contributed by atoms with Gasteiger partial charge in [0.15, 0.2) is 0 Å². The van der Waals surface area contributed by atoms with Gasteiger partial charge in [0, 0.05) is 31.7 Å². The Morgan fingerprint density at radius 1 is 1.39 bits per heavy atom. The molecule has 1 aromatic carbocycles. The summed E-state index contributed by atoms with van der Waals surface area (Å²) in [6.07, 6.45) is 0. The minimum absolute atomic E-state index is 0.0794. The van der Waals surface area contributed by atoms with Gasteiger partial charge < -0.3 is 10.2 Å². The van der Waals surface area contributed by atoms with Crippen molar-refractivity contribution in [1.82, 2.24) is 10.2 Å². The Balaban J connectivity index is 2.17. The number of carbonyl (C=O) groups excluding carboxylic acids is 1. The van der Waals surface area contributed by atoms with E-state index in [-0.39, 0.29) is 11.7 Å². The molecule has 1 N–H and O–H groups in total. The van der Waals surface area contributed by atoms with Gasteiger partial charge in [0.05, 0.1) is 5.41 Å². The molecule has 1 aliphatic heterocycles. The van der Waals surface area contributed by atoms with Gasteiger partial charge in [0.25, 0.3) is 0 Å². The van der Waals surface area contributed by atoms with Crippen molar-refractivity contribution in [3.8, 4) is 0 Å². The van der Waals surface area contributed by atoms with Crippen molar-refractivity contribution in [1.29, 1.82) is 0 Å². The van der Waals surface area contributed by atoms with Crippen LogP contribution >= 0.6 is 0 Å². The molecule has 0 aromatic heterocycles. The number of nitrogens with zero attached hydrogens (tertiary/aromatic N) is 1. The van der Waals surface area contributed by atoms with E-state index in [1.165, 1.54) is 6.07 Å². The molecule has 0 aliphatic carbocycles. The van der Waals surface area contributed by atoms with Crippen molar-refractivity contribution in [3.63, 3.8) is 0 Å². The standard InChI is InChI=1S/C14H19FN2O/c1-14(2)10-16-7-8-17(13(14)18)9-11-5-3-4-6-12(11)15/h3-6,16H,7-10H2,1-2H3. The first-order valence-electron chi connectivity index (χ1n) is 6.24. The zero-order valence-electron chi connectivity index (χ0n) is 10.9. The predicted molar refractivity (Wildman–Crippen MR) is 68.5 cm³/mol. The van der Waals surface area contributed by atoms with Crippen molar-refractivity contribution in [2.24, 2.45) is 5.41 Å². The molecule has 0 atom stereocenters. The molecule has 3 nitrogen and oxygen atoms in total. The summed E-state index contributed by atoms with van der Waals surface area (Å²) < 4.78 is 13.6. The number of amides is 1. The van der Waals surface area contributed by atoms with Crippen LogP contribution in [-0.4, -0.2) is 30.4 Å². The van der Waals surface area contributed by atoms with Gasteiger partial charge in [-0.3, -0.25) is 4.79 Å². The van der Waals surface area contributed by atoms with Crippen molar-refractivity contribution in [3.05, 3.63) is 35.6 Å². The summed E-state index contributed by atoms with van der Waals surface area (Å²) in [7, 11) is 0. The smallest absolute Gasteiger partial charge is 0.229 e. The summed E-state index contributed by atoms with van der Waals surface area (Å²) in [6.45, 7) is 6.22. The molecule has 4 heteroatoms. The van der Waals surface area contributed by atoms with Gasteiger partial charge in [-0.15, -0.1) is 0 Å². The summed E-state index contributed by atoms with van der Waals surface area (Å²) in [5.74, 6) is -0.170. The van der Waals surface area contributed by atoms with Crippen molar-refractivity contribution < 1.29 is 9.18 Å². The number of carbonyl (C=O) groups is 1. The lowest BCUT2D eigenvalue weighted by Gasteiger charge is -2.28. The van der Waals surface area contributed by atoms with E-state index in [1.54, 1.807) is 23.1 Å². The van der Waals surface area contributed by atoms with Gasteiger partial charge in [-0.1, -0.05) is 18.2 Å². The van der Waals surface area contributed by atoms with Crippen LogP contribution in [0.5, 0.6) is 0 Å². The van der Waals surface area contributed by atoms with Gasteiger partial charge in [-0.05, 0) is 19.9 Å². The molecule has 0 saturated carbocycles. The third-order valence-corrected chi connectivity index (χ3v) is 3.31. The molecule has 2 rings (SSSR count). The zero-order chi connectivity index (χ0) is 13.2. The van der Waals surface area contributed by atoms with Crippen LogP contribution in [0.3, 0.4) is 0 Å². The van der Waals surface area contributed by atoms with Crippen LogP contribution in [0.25, 0.3) is 0 Å². The fraction of sp³-hybridized carbons (Fsp3) is 0.500. The van der Waals surface area contributed by atoms with Crippen LogP contribution in [0, 0.1) is 11.2 Å². The summed E-state index contributed by atoms with van der Waals surface area (Å²) in [4.78, 5) is 14.1. The molecule has 98 valence electrons. The largest absolute Gasteiger partial charge is 0.336 e. The van der Waals surface area contributed by atoms with Gasteiger partial charge in [-0.25, -0.2) is 4.39 Å². The second-order valence-electron chi connectivity index (χ2n) is 5.38. The molecule has 18 heavy (non-hydrogen) atoms. The van der Waals surface area contributed by atoms with E-state index in [4.69, 9.17) is 0 Å². The Morgan fingerprint density at radius 2 is 2.11 bits per heavy atom. The Kier molecular flexibility index (Phi) is 3.66. The summed E-state index contributed by atoms with van der Waals surface area (Å²) in [5.41, 5.74) is 0.144. The summed E-state index contributed by atoms with van der Waals surface area (Å²) in [6, 6.07) is 6.62. The van der Waals surface area contributed by atoms with E-state index in [1.807, 2.05) is 13.8 Å². The van der Waals surface area contributed by atoms with Gasteiger partial charge >= 0.3 is 0 Å². The lowest BCUT2D eigenvalue weighted by molar-refractivity contribution is -0.139. The molecule has 1 amide bonds. The van der Waals surface area contributed by atoms with Gasteiger partial charge in [0.2, 0.25) is 5.91 Å². The summed E-state index contributed by atoms with van der Waals surface area (Å²) in [5, 5.41) is 3.24. The Morgan fingerprint density at radius 3 is 2.83 bits per heavy atom. The molecule has 0 bridgehead atoms. The summed E-state index contributed by atoms with van der Waals surface area (Å²) >= 11 is 0. The molecular formula is C14H19FN2O. The maximum absolute atomic E-state index is 13.6. The molecule has 1 saturated heterocycles. The van der Waals surface area contributed by atoms with Gasteiger partial charge in [0.1, 0.15) is 5.82 Å². The fourth-order valence-electron chi connectivity index (χ4n) is 2.20. The third-order valence-electron chi connectivity index (χ3n) is 3.31. The SMILES string of the molecule is CC1(C)CNCCN(Cc2ccccc2F)C1=O. The molecule has 0 radical (unpaired) electrons. The lowest BCUT2D eigenvalue weighted by atomic mass is 9.92. The maximum atomic E-state index is 13.6. The third kappa shape index (κ3) is 2.70. The first-order valence-corrected chi connectivity index (χ1v) is 6.24. The maximum Gasteiger partial charge on any atom is 0.229 e. The van der Waals surface area contributed by atoms with Crippen molar-refractivity contribution in [2.75, 3.05) is 19.6 Å². The van der Waals surface area contributed by atoms with Crippen LogP contribution in [-0.2, 0) is 11.3 Å². The predicted octanol–water partition coefficient (Wildman–Crippen LogP) is 1.78. The fourth-order valence-corrected chi connectivity index (χ4v) is 2.20. The van der Waals surface area contributed by atoms with E-state index < -0.39 is 5.41 Å². The molecule has 0 spiro atoms. The normalized spacial score (nSPS) is 19.7. The number of benzene rings is 1. The highest BCUT2D eigenvalue weighted by molar-refractivity contribution is 5.82. The van der Waals surface area contributed by atoms with Crippen molar-refractivity contribution in [2.45, 2.75) is 20.4 Å². The number of rotatable bonds is 2. The molecule has 1 fully saturated rings. The lowest BCUT2D eigenvalue weighted by Crippen LogP contribution is -2.41. The average molecular weight is 250 g/mol. The number of halogens is 1. The number of hydrogen-bond donors (Lipinski definition) is 1. The highest BCUT2D eigenvalue weighted by atomic mass is 19.1. The monoisotopic (exact) mass is 250 g/mol. The highest BCUT2D eigenvalue weighted by Gasteiger charge is 2.33. The molecule has 1 aromatic rings. The second kappa shape index (κ2) is 5.06. The quantitative estimate of drug-likeness (QED) is 0.868. The molecule has 0 unspecified atom stereocenters. The minimum atomic E-state index is -0.429. The Bertz CT molecular complexity index is 445. The number of nitrogens with one attached hydrogen (secondary N) is 1. The Hall–Kier alpha value is -1.42. The van der Waals surface area contributed by atoms with E-state index in [0.29, 0.717) is 25.2 Å². The second-order valence-corrected chi connectivity index (χ2v) is 5.38. The molecular weight excluding hydrogens is 231 g/mol. The van der Waals surface area contributed by atoms with Crippen LogP contribution in [0.1, 0.15) is 19.4 Å². The minimum Gasteiger partial charge on any atom is -0.336 e. The Labute approximate surface area is 107 Å². The zero-order valence-corrected chi connectivity index (χ0v) is 10.9. The van der Waals surface area contributed by atoms with Crippen LogP contribution in [0.2, 0.25) is 0 Å². The molecule has 1 heterocycles.